The number of nitrogens with zero attached hydrogens (tertiary/aromatic N) is 1. The van der Waals surface area contributed by atoms with E-state index in [1.807, 2.05) is 30.3 Å². The number of likely N-dealkylation sites (tertiary alicyclic amines) is 1. The van der Waals surface area contributed by atoms with Crippen LogP contribution in [0.2, 0.25) is 0 Å². The number of carbonyl (C=O) groups is 1. The van der Waals surface area contributed by atoms with Crippen LogP contribution in [0.3, 0.4) is 0 Å². The maximum atomic E-state index is 12.4. The quantitative estimate of drug-likeness (QED) is 0.309. The molecule has 1 heterocycles. The van der Waals surface area contributed by atoms with E-state index in [0.29, 0.717) is 11.6 Å². The average molecular weight is 358 g/mol. The van der Waals surface area contributed by atoms with Crippen molar-refractivity contribution in [1.82, 2.24) is 4.90 Å². The number of benzene rings is 1. The topological polar surface area (TPSA) is 29.5 Å². The molecule has 0 N–H and O–H groups in total. The van der Waals surface area contributed by atoms with Gasteiger partial charge in [0.25, 0.3) is 0 Å². The predicted molar refractivity (Wildman–Crippen MR) is 108 cm³/mol. The minimum Gasteiger partial charge on any atom is -0.458 e. The first-order chi connectivity index (χ1) is 12.7. The molecule has 2 atom stereocenters. The van der Waals surface area contributed by atoms with E-state index < -0.39 is 0 Å². The molecule has 0 radical (unpaired) electrons. The van der Waals surface area contributed by atoms with Gasteiger partial charge in [0.15, 0.2) is 0 Å². The first-order valence-corrected chi connectivity index (χ1v) is 10.4. The third-order valence-electron chi connectivity index (χ3n) is 5.26. The highest BCUT2D eigenvalue weighted by atomic mass is 16.5. The lowest BCUT2D eigenvalue weighted by Crippen LogP contribution is -2.37. The molecule has 1 aliphatic rings. The first-order valence-electron chi connectivity index (χ1n) is 10.4. The summed E-state index contributed by atoms with van der Waals surface area (Å²) in [5, 5.41) is 0. The largest absolute Gasteiger partial charge is 0.458 e. The van der Waals surface area contributed by atoms with Gasteiger partial charge in [0.05, 0.1) is 5.56 Å². The Balaban J connectivity index is 1.83. The van der Waals surface area contributed by atoms with Gasteiger partial charge in [-0.05, 0) is 51.3 Å². The molecule has 1 aliphatic heterocycles. The molecule has 1 fully saturated rings. The molecule has 3 nitrogen and oxygen atoms in total. The predicted octanol–water partition coefficient (Wildman–Crippen LogP) is 5.61. The maximum Gasteiger partial charge on any atom is 0.338 e. The van der Waals surface area contributed by atoms with Crippen LogP contribution in [0.1, 0.15) is 75.6 Å². The van der Waals surface area contributed by atoms with Gasteiger partial charge in [-0.2, -0.15) is 0 Å². The maximum absolute atomic E-state index is 12.4. The number of esters is 1. The van der Waals surface area contributed by atoms with Crippen LogP contribution in [0.15, 0.2) is 42.5 Å². The van der Waals surface area contributed by atoms with E-state index in [1.54, 1.807) is 0 Å². The molecule has 1 aromatic carbocycles. The minimum atomic E-state index is -0.204. The molecule has 0 saturated carbocycles. The lowest BCUT2D eigenvalue weighted by atomic mass is 10.0. The number of rotatable bonds is 10. The summed E-state index contributed by atoms with van der Waals surface area (Å²) in [7, 11) is 0. The van der Waals surface area contributed by atoms with Crippen molar-refractivity contribution in [3.8, 4) is 0 Å². The Morgan fingerprint density at radius 2 is 2.04 bits per heavy atom. The van der Waals surface area contributed by atoms with Gasteiger partial charge in [-0.3, -0.25) is 4.90 Å². The molecule has 2 unspecified atom stereocenters. The van der Waals surface area contributed by atoms with Crippen molar-refractivity contribution in [2.45, 2.75) is 77.4 Å². The van der Waals surface area contributed by atoms with Crippen molar-refractivity contribution in [3.63, 3.8) is 0 Å². The summed E-state index contributed by atoms with van der Waals surface area (Å²) in [5.41, 5.74) is 0.638. The van der Waals surface area contributed by atoms with Crippen molar-refractivity contribution >= 4 is 5.97 Å². The van der Waals surface area contributed by atoms with Crippen LogP contribution < -0.4 is 0 Å². The smallest absolute Gasteiger partial charge is 0.338 e. The number of piperidine rings is 1. The second kappa shape index (κ2) is 11.9. The van der Waals surface area contributed by atoms with Crippen LogP contribution in [0.4, 0.5) is 0 Å². The van der Waals surface area contributed by atoms with E-state index in [2.05, 4.69) is 30.9 Å². The number of unbranched alkanes of at least 4 members (excludes halogenated alkanes) is 2. The lowest BCUT2D eigenvalue weighted by Gasteiger charge is -2.32. The van der Waals surface area contributed by atoms with E-state index in [9.17, 15) is 4.79 Å². The number of carbonyl (C=O) groups excluding carboxylic acids is 1. The van der Waals surface area contributed by atoms with Gasteiger partial charge in [0.2, 0.25) is 0 Å². The Morgan fingerprint density at radius 1 is 1.23 bits per heavy atom. The fraction of sp³-hybridized carbons (Fsp3) is 0.609. The zero-order valence-electron chi connectivity index (χ0n) is 16.5. The van der Waals surface area contributed by atoms with Crippen molar-refractivity contribution in [2.24, 2.45) is 0 Å². The van der Waals surface area contributed by atoms with E-state index in [1.165, 1.54) is 38.6 Å². The van der Waals surface area contributed by atoms with Crippen LogP contribution in [0.5, 0.6) is 0 Å². The van der Waals surface area contributed by atoms with Crippen molar-refractivity contribution in [3.05, 3.63) is 48.0 Å². The number of ether oxygens (including phenoxy) is 1. The highest BCUT2D eigenvalue weighted by molar-refractivity contribution is 5.89. The molecule has 144 valence electrons. The second-order valence-electron chi connectivity index (χ2n) is 7.44. The fourth-order valence-corrected chi connectivity index (χ4v) is 3.53. The molecule has 0 amide bonds. The Bertz CT molecular complexity index is 540. The van der Waals surface area contributed by atoms with Gasteiger partial charge in [-0.1, -0.05) is 56.5 Å². The highest BCUT2D eigenvalue weighted by Crippen LogP contribution is 2.17. The van der Waals surface area contributed by atoms with Gasteiger partial charge in [0, 0.05) is 19.0 Å². The Kier molecular flexibility index (Phi) is 9.47. The molecule has 0 aromatic heterocycles. The third kappa shape index (κ3) is 7.33. The van der Waals surface area contributed by atoms with E-state index in [0.717, 1.165) is 25.8 Å². The summed E-state index contributed by atoms with van der Waals surface area (Å²) < 4.78 is 5.79. The van der Waals surface area contributed by atoms with Gasteiger partial charge >= 0.3 is 5.97 Å². The van der Waals surface area contributed by atoms with Gasteiger partial charge in [-0.25, -0.2) is 4.79 Å². The first kappa shape index (κ1) is 20.7. The van der Waals surface area contributed by atoms with Crippen LogP contribution in [-0.4, -0.2) is 36.1 Å². The standard InChI is InChI=1S/C23H35NO2/c1-3-4-6-16-22(26-23(25)21-14-7-5-8-15-21)17-10-12-19-24-18-11-9-13-20(24)2/h5,7-8,10,12,14-15,20,22H,3-4,6,9,11,13,16-19H2,1-2H3/b12-10+. The van der Waals surface area contributed by atoms with Crippen molar-refractivity contribution in [2.75, 3.05) is 13.1 Å². The molecule has 3 heteroatoms. The van der Waals surface area contributed by atoms with E-state index in [4.69, 9.17) is 4.74 Å². The van der Waals surface area contributed by atoms with Crippen LogP contribution in [0, 0.1) is 0 Å². The monoisotopic (exact) mass is 357 g/mol. The van der Waals surface area contributed by atoms with E-state index >= 15 is 0 Å². The van der Waals surface area contributed by atoms with Gasteiger partial charge < -0.3 is 4.74 Å². The Morgan fingerprint density at radius 3 is 2.77 bits per heavy atom. The molecular weight excluding hydrogens is 322 g/mol. The Labute approximate surface area is 159 Å². The van der Waals surface area contributed by atoms with Crippen LogP contribution in [0.25, 0.3) is 0 Å². The summed E-state index contributed by atoms with van der Waals surface area (Å²) >= 11 is 0. The zero-order valence-corrected chi connectivity index (χ0v) is 16.5. The summed E-state index contributed by atoms with van der Waals surface area (Å²) in [5.74, 6) is -0.204. The van der Waals surface area contributed by atoms with Gasteiger partial charge in [-0.15, -0.1) is 0 Å². The molecule has 0 spiro atoms. The second-order valence-corrected chi connectivity index (χ2v) is 7.44. The Hall–Kier alpha value is -1.61. The molecule has 1 aromatic rings. The average Bonchev–Trinajstić information content (AvgIpc) is 2.67. The molecule has 2 rings (SSSR count). The fourth-order valence-electron chi connectivity index (χ4n) is 3.53. The van der Waals surface area contributed by atoms with Crippen LogP contribution >= 0.6 is 0 Å². The number of hydrogen-bond donors (Lipinski definition) is 0. The lowest BCUT2D eigenvalue weighted by molar-refractivity contribution is 0.0283. The third-order valence-corrected chi connectivity index (χ3v) is 5.26. The number of hydrogen-bond acceptors (Lipinski definition) is 3. The van der Waals surface area contributed by atoms with E-state index in [-0.39, 0.29) is 12.1 Å². The SMILES string of the molecule is CCCCCC(C/C=C/CN1CCCCC1C)OC(=O)c1ccccc1. The summed E-state index contributed by atoms with van der Waals surface area (Å²) in [4.78, 5) is 14.9. The summed E-state index contributed by atoms with van der Waals surface area (Å²) in [6.07, 6.45) is 13.6. The van der Waals surface area contributed by atoms with Gasteiger partial charge in [0.1, 0.15) is 6.10 Å². The molecule has 0 aliphatic carbocycles. The molecule has 26 heavy (non-hydrogen) atoms. The summed E-state index contributed by atoms with van der Waals surface area (Å²) in [6, 6.07) is 9.99. The normalized spacial score (nSPS) is 19.5. The van der Waals surface area contributed by atoms with Crippen molar-refractivity contribution < 1.29 is 9.53 Å². The minimum absolute atomic E-state index is 0.0238. The molecule has 0 bridgehead atoms. The molecular formula is C23H35NO2. The molecule has 1 saturated heterocycles. The van der Waals surface area contributed by atoms with Crippen LogP contribution in [-0.2, 0) is 4.74 Å². The zero-order chi connectivity index (χ0) is 18.6. The highest BCUT2D eigenvalue weighted by Gasteiger charge is 2.17. The van der Waals surface area contributed by atoms with Crippen molar-refractivity contribution in [1.29, 1.82) is 0 Å². The summed E-state index contributed by atoms with van der Waals surface area (Å²) in [6.45, 7) is 6.73.